The van der Waals surface area contributed by atoms with Gasteiger partial charge in [-0.25, -0.2) is 4.79 Å². The quantitative estimate of drug-likeness (QED) is 0.413. The maximum Gasteiger partial charge on any atom is 0.354 e. The van der Waals surface area contributed by atoms with Crippen molar-refractivity contribution >= 4 is 23.9 Å². The number of nitrogens with zero attached hydrogens (tertiary/aromatic N) is 1. The van der Waals surface area contributed by atoms with Crippen LogP contribution >= 0.6 is 0 Å². The summed E-state index contributed by atoms with van der Waals surface area (Å²) in [5, 5.41) is 2.66. The normalized spacial score (nSPS) is 17.9. The number of carbonyl (C=O) groups is 3. The molecule has 1 fully saturated rings. The molecule has 2 aromatic carbocycles. The summed E-state index contributed by atoms with van der Waals surface area (Å²) >= 11 is 0. The predicted molar refractivity (Wildman–Crippen MR) is 111 cm³/mol. The van der Waals surface area contributed by atoms with E-state index in [1.54, 1.807) is 30.3 Å². The van der Waals surface area contributed by atoms with Gasteiger partial charge >= 0.3 is 5.97 Å². The fraction of sp³-hybridized carbons (Fsp3) is 0.174. The zero-order valence-corrected chi connectivity index (χ0v) is 16.5. The molecule has 2 atom stereocenters. The number of β-lactam (4-membered cyclic amide) rings is 1. The van der Waals surface area contributed by atoms with Crippen LogP contribution < -0.4 is 10.1 Å². The number of rotatable bonds is 8. The van der Waals surface area contributed by atoms with E-state index in [4.69, 9.17) is 4.74 Å². The first-order chi connectivity index (χ1) is 14.5. The molecule has 0 bridgehead atoms. The fourth-order valence-electron chi connectivity index (χ4n) is 3.04. The second-order valence-corrected chi connectivity index (χ2v) is 6.55. The molecule has 7 heteroatoms. The van der Waals surface area contributed by atoms with Gasteiger partial charge in [0, 0.05) is 0 Å². The number of hydrogen-bond donors (Lipinski definition) is 1. The molecular weight excluding hydrogens is 384 g/mol. The molecule has 2 unspecified atom stereocenters. The van der Waals surface area contributed by atoms with Crippen LogP contribution in [0.1, 0.15) is 5.56 Å². The average molecular weight is 406 g/mol. The first kappa shape index (κ1) is 20.9. The molecule has 0 aromatic heterocycles. The van der Waals surface area contributed by atoms with Gasteiger partial charge < -0.3 is 14.8 Å². The van der Waals surface area contributed by atoms with Gasteiger partial charge in [-0.1, -0.05) is 67.3 Å². The van der Waals surface area contributed by atoms with Crippen LogP contribution in [0.4, 0.5) is 0 Å². The first-order valence-electron chi connectivity index (χ1n) is 9.32. The highest BCUT2D eigenvalue weighted by atomic mass is 16.5. The van der Waals surface area contributed by atoms with Gasteiger partial charge in [-0.3, -0.25) is 14.5 Å². The van der Waals surface area contributed by atoms with E-state index >= 15 is 0 Å². The lowest BCUT2D eigenvalue weighted by molar-refractivity contribution is -0.153. The number of benzene rings is 2. The smallest absolute Gasteiger partial charge is 0.354 e. The first-order valence-corrected chi connectivity index (χ1v) is 9.32. The van der Waals surface area contributed by atoms with Crippen LogP contribution in [0.5, 0.6) is 5.75 Å². The second-order valence-electron chi connectivity index (χ2n) is 6.55. The molecule has 3 rings (SSSR count). The monoisotopic (exact) mass is 406 g/mol. The van der Waals surface area contributed by atoms with Crippen LogP contribution in [0.2, 0.25) is 0 Å². The van der Waals surface area contributed by atoms with Crippen molar-refractivity contribution in [2.45, 2.75) is 12.1 Å². The SMILES string of the molecule is C=C(C(=O)OC)N1C(=O)C(NC(=O)COc2ccccc2)C1C=Cc1ccccc1. The van der Waals surface area contributed by atoms with E-state index in [0.29, 0.717) is 5.75 Å². The lowest BCUT2D eigenvalue weighted by Gasteiger charge is -2.45. The molecule has 1 heterocycles. The number of hydrogen-bond acceptors (Lipinski definition) is 5. The Kier molecular flexibility index (Phi) is 6.64. The van der Waals surface area contributed by atoms with Crippen LogP contribution in [0, 0.1) is 0 Å². The molecule has 1 N–H and O–H groups in total. The summed E-state index contributed by atoms with van der Waals surface area (Å²) in [6.45, 7) is 3.42. The molecular formula is C23H22N2O5. The van der Waals surface area contributed by atoms with Crippen LogP contribution in [-0.4, -0.2) is 48.5 Å². The number of carbonyl (C=O) groups excluding carboxylic acids is 3. The zero-order valence-electron chi connectivity index (χ0n) is 16.5. The molecule has 154 valence electrons. The Balaban J connectivity index is 1.70. The molecule has 7 nitrogen and oxygen atoms in total. The van der Waals surface area contributed by atoms with E-state index < -0.39 is 29.9 Å². The second kappa shape index (κ2) is 9.56. The van der Waals surface area contributed by atoms with E-state index in [9.17, 15) is 14.4 Å². The third-order valence-corrected chi connectivity index (χ3v) is 4.57. The number of amides is 2. The molecule has 0 radical (unpaired) electrons. The van der Waals surface area contributed by atoms with Crippen LogP contribution in [0.25, 0.3) is 6.08 Å². The van der Waals surface area contributed by atoms with Crippen molar-refractivity contribution in [1.29, 1.82) is 0 Å². The highest BCUT2D eigenvalue weighted by Crippen LogP contribution is 2.27. The number of likely N-dealkylation sites (tertiary alicyclic amines) is 1. The topological polar surface area (TPSA) is 84.9 Å². The van der Waals surface area contributed by atoms with Crippen molar-refractivity contribution in [3.63, 3.8) is 0 Å². The number of methoxy groups -OCH3 is 1. The van der Waals surface area contributed by atoms with Crippen LogP contribution in [-0.2, 0) is 19.1 Å². The Bertz CT molecular complexity index is 956. The van der Waals surface area contributed by atoms with E-state index in [1.807, 2.05) is 42.5 Å². The molecule has 2 aromatic rings. The molecule has 1 saturated heterocycles. The molecule has 30 heavy (non-hydrogen) atoms. The summed E-state index contributed by atoms with van der Waals surface area (Å²) in [6, 6.07) is 16.9. The largest absolute Gasteiger partial charge is 0.484 e. The number of nitrogens with one attached hydrogen (secondary N) is 1. The van der Waals surface area contributed by atoms with Gasteiger partial charge in [0.05, 0.1) is 13.2 Å². The van der Waals surface area contributed by atoms with E-state index in [2.05, 4.69) is 16.6 Å². The molecule has 0 saturated carbocycles. The highest BCUT2D eigenvalue weighted by molar-refractivity contribution is 6.01. The van der Waals surface area contributed by atoms with Gasteiger partial charge in [0.15, 0.2) is 6.61 Å². The van der Waals surface area contributed by atoms with Crippen LogP contribution in [0.3, 0.4) is 0 Å². The molecule has 0 aliphatic carbocycles. The number of esters is 1. The minimum atomic E-state index is -0.835. The molecule has 1 aliphatic heterocycles. The number of para-hydroxylation sites is 1. The lowest BCUT2D eigenvalue weighted by Crippen LogP contribution is -2.70. The van der Waals surface area contributed by atoms with Gasteiger partial charge in [0.2, 0.25) is 0 Å². The summed E-state index contributed by atoms with van der Waals surface area (Å²) in [5.41, 5.74) is 0.828. The van der Waals surface area contributed by atoms with Crippen molar-refractivity contribution < 1.29 is 23.9 Å². The van der Waals surface area contributed by atoms with Gasteiger partial charge in [-0.15, -0.1) is 0 Å². The summed E-state index contributed by atoms with van der Waals surface area (Å²) < 4.78 is 10.1. The Morgan fingerprint density at radius 2 is 1.73 bits per heavy atom. The lowest BCUT2D eigenvalue weighted by atomic mass is 9.92. The zero-order chi connectivity index (χ0) is 21.5. The summed E-state index contributed by atoms with van der Waals surface area (Å²) in [5.74, 6) is -1.05. The average Bonchev–Trinajstić information content (AvgIpc) is 2.79. The third-order valence-electron chi connectivity index (χ3n) is 4.57. The molecule has 1 aliphatic rings. The summed E-state index contributed by atoms with van der Waals surface area (Å²) in [4.78, 5) is 38.0. The van der Waals surface area contributed by atoms with Crippen LogP contribution in [0.15, 0.2) is 79.0 Å². The van der Waals surface area contributed by atoms with E-state index in [0.717, 1.165) is 5.56 Å². The fourth-order valence-corrected chi connectivity index (χ4v) is 3.04. The van der Waals surface area contributed by atoms with Crippen molar-refractivity contribution in [3.8, 4) is 5.75 Å². The van der Waals surface area contributed by atoms with Gasteiger partial charge in [-0.05, 0) is 17.7 Å². The molecule has 2 amide bonds. The van der Waals surface area contributed by atoms with Crippen molar-refractivity contribution in [2.24, 2.45) is 0 Å². The van der Waals surface area contributed by atoms with E-state index in [-0.39, 0.29) is 12.3 Å². The maximum absolute atomic E-state index is 12.6. The number of ether oxygens (including phenoxy) is 2. The molecule has 0 spiro atoms. The Labute approximate surface area is 174 Å². The van der Waals surface area contributed by atoms with E-state index in [1.165, 1.54) is 12.0 Å². The maximum atomic E-state index is 12.6. The van der Waals surface area contributed by atoms with Gasteiger partial charge in [0.25, 0.3) is 11.8 Å². The van der Waals surface area contributed by atoms with Crippen molar-refractivity contribution in [1.82, 2.24) is 10.2 Å². The standard InChI is InChI=1S/C23H22N2O5/c1-16(23(28)29-2)25-19(14-13-17-9-5-3-6-10-17)21(22(25)27)24-20(26)15-30-18-11-7-4-8-12-18/h3-14,19,21H,1,15H2,2H3,(H,24,26). The Morgan fingerprint density at radius 1 is 1.10 bits per heavy atom. The van der Waals surface area contributed by atoms with Crippen molar-refractivity contribution in [2.75, 3.05) is 13.7 Å². The predicted octanol–water partition coefficient (Wildman–Crippen LogP) is 2.16. The minimum absolute atomic E-state index is 0.0868. The van der Waals surface area contributed by atoms with Crippen molar-refractivity contribution in [3.05, 3.63) is 84.6 Å². The summed E-state index contributed by atoms with van der Waals surface area (Å²) in [6.07, 6.45) is 3.56. The Hall–Kier alpha value is -3.87. The summed E-state index contributed by atoms with van der Waals surface area (Å²) in [7, 11) is 1.22. The minimum Gasteiger partial charge on any atom is -0.484 e. The Morgan fingerprint density at radius 3 is 2.37 bits per heavy atom. The third kappa shape index (κ3) is 4.75. The van der Waals surface area contributed by atoms with Gasteiger partial charge in [0.1, 0.15) is 17.5 Å². The highest BCUT2D eigenvalue weighted by Gasteiger charge is 2.49. The van der Waals surface area contributed by atoms with Gasteiger partial charge in [-0.2, -0.15) is 0 Å².